The van der Waals surface area contributed by atoms with Gasteiger partial charge in [0.2, 0.25) is 5.82 Å². The van der Waals surface area contributed by atoms with Crippen LogP contribution in [0.1, 0.15) is 5.69 Å². The Balaban J connectivity index is 2.59. The van der Waals surface area contributed by atoms with Gasteiger partial charge in [-0.3, -0.25) is 15.5 Å². The Kier molecular flexibility index (Phi) is 1.11. The minimum absolute atomic E-state index is 0.0286. The van der Waals surface area contributed by atoms with Crippen molar-refractivity contribution in [3.63, 3.8) is 0 Å². The molecule has 6 heteroatoms. The molecule has 1 unspecified atom stereocenters. The third kappa shape index (κ3) is 0.769. The quantitative estimate of drug-likeness (QED) is 0.406. The fourth-order valence-electron chi connectivity index (χ4n) is 0.911. The number of hydrogen-bond donors (Lipinski definition) is 3. The van der Waals surface area contributed by atoms with E-state index < -0.39 is 0 Å². The first-order valence-electron chi connectivity index (χ1n) is 3.00. The van der Waals surface area contributed by atoms with Crippen LogP contribution in [0, 0.1) is 10.6 Å². The Morgan fingerprint density at radius 2 is 2.45 bits per heavy atom. The Bertz CT molecular complexity index is 327. The summed E-state index contributed by atoms with van der Waals surface area (Å²) in [5.41, 5.74) is 0.331. The van der Waals surface area contributed by atoms with E-state index in [1.165, 1.54) is 6.33 Å². The summed E-state index contributed by atoms with van der Waals surface area (Å²) in [5, 5.41) is 18.0. The maximum absolute atomic E-state index is 11.0. The van der Waals surface area contributed by atoms with Gasteiger partial charge in [-0.1, -0.05) is 0 Å². The van der Waals surface area contributed by atoms with Gasteiger partial charge in [0.05, 0.1) is 6.33 Å². The van der Waals surface area contributed by atoms with Gasteiger partial charge in [0.1, 0.15) is 0 Å². The number of aromatic nitrogens is 2. The van der Waals surface area contributed by atoms with Crippen molar-refractivity contribution in [1.82, 2.24) is 9.97 Å². The summed E-state index contributed by atoms with van der Waals surface area (Å²) in [6.45, 7) is 0. The number of fused-ring (bicyclic) bond motifs is 1. The molecule has 56 valence electrons. The van der Waals surface area contributed by atoms with Crippen molar-refractivity contribution in [3.05, 3.63) is 17.2 Å². The molecule has 2 rings (SSSR count). The summed E-state index contributed by atoms with van der Waals surface area (Å²) in [4.78, 5) is 9.97. The first kappa shape index (κ1) is 6.20. The zero-order valence-corrected chi connectivity index (χ0v) is 5.46. The summed E-state index contributed by atoms with van der Waals surface area (Å²) in [5.74, 6) is 0.380. The molecule has 2 heterocycles. The van der Waals surface area contributed by atoms with Gasteiger partial charge in [-0.25, -0.2) is 4.98 Å². The van der Waals surface area contributed by atoms with Crippen LogP contribution in [0.2, 0.25) is 0 Å². The van der Waals surface area contributed by atoms with Crippen LogP contribution in [0.4, 0.5) is 5.82 Å². The van der Waals surface area contributed by atoms with Crippen LogP contribution in [0.25, 0.3) is 0 Å². The number of imidazole rings is 1. The van der Waals surface area contributed by atoms with E-state index in [0.717, 1.165) is 6.34 Å². The van der Waals surface area contributed by atoms with Gasteiger partial charge in [0, 0.05) is 0 Å². The number of H-pyrrole nitrogens is 1. The summed E-state index contributed by atoms with van der Waals surface area (Å²) in [7, 11) is 0. The second-order valence-electron chi connectivity index (χ2n) is 2.10. The number of aromatic amines is 1. The number of quaternary nitrogens is 1. The smallest absolute Gasteiger partial charge is 0.241 e. The van der Waals surface area contributed by atoms with E-state index in [1.807, 2.05) is 0 Å². The van der Waals surface area contributed by atoms with Crippen molar-refractivity contribution in [1.29, 1.82) is 5.41 Å². The van der Waals surface area contributed by atoms with E-state index in [1.54, 1.807) is 0 Å². The number of rotatable bonds is 0. The van der Waals surface area contributed by atoms with Crippen LogP contribution in [-0.2, 0) is 0 Å². The highest BCUT2D eigenvalue weighted by atomic mass is 16.5. The Hall–Kier alpha value is -1.53. The molecule has 0 saturated heterocycles. The highest BCUT2D eigenvalue weighted by molar-refractivity contribution is 6.02. The monoisotopic (exact) mass is 151 g/mol. The van der Waals surface area contributed by atoms with Gasteiger partial charge >= 0.3 is 0 Å². The van der Waals surface area contributed by atoms with Crippen LogP contribution < -0.4 is 5.06 Å². The fraction of sp³-hybridized carbons (Fsp3) is 0. The van der Waals surface area contributed by atoms with E-state index in [4.69, 9.17) is 5.41 Å². The minimum Gasteiger partial charge on any atom is -0.622 e. The van der Waals surface area contributed by atoms with Crippen molar-refractivity contribution in [3.8, 4) is 0 Å². The van der Waals surface area contributed by atoms with Crippen LogP contribution in [-0.4, -0.2) is 22.1 Å². The van der Waals surface area contributed by atoms with Crippen LogP contribution in [0.15, 0.2) is 11.3 Å². The predicted octanol–water partition coefficient (Wildman–Crippen LogP) is -1.21. The second kappa shape index (κ2) is 1.97. The molecule has 1 aliphatic rings. The number of aliphatic imine (C=N–C) groups is 1. The summed E-state index contributed by atoms with van der Waals surface area (Å²) < 4.78 is 0. The zero-order valence-electron chi connectivity index (χ0n) is 5.46. The van der Waals surface area contributed by atoms with E-state index in [2.05, 4.69) is 15.0 Å². The zero-order chi connectivity index (χ0) is 7.84. The topological polar surface area (TPSA) is 92.4 Å². The standard InChI is InChI=1S/C5H5N5O/c6-4-3-5(8-1-7-3)10(11)2-9-4/h1-2,6,10H,(H,7,8). The lowest BCUT2D eigenvalue weighted by Crippen LogP contribution is -3.02. The predicted molar refractivity (Wildman–Crippen MR) is 37.9 cm³/mol. The average molecular weight is 151 g/mol. The summed E-state index contributed by atoms with van der Waals surface area (Å²) >= 11 is 0. The average Bonchev–Trinajstić information content (AvgIpc) is 2.45. The third-order valence-corrected chi connectivity index (χ3v) is 1.42. The van der Waals surface area contributed by atoms with Crippen molar-refractivity contribution < 1.29 is 5.06 Å². The maximum Gasteiger partial charge on any atom is 0.241 e. The van der Waals surface area contributed by atoms with Gasteiger partial charge in [0.15, 0.2) is 17.9 Å². The Morgan fingerprint density at radius 3 is 3.18 bits per heavy atom. The SMILES string of the molecule is N=C1N=C[NH+]([O-])c2[nH]cnc21. The maximum atomic E-state index is 11.0. The summed E-state index contributed by atoms with van der Waals surface area (Å²) in [6, 6.07) is 0. The molecule has 0 saturated carbocycles. The molecular weight excluding hydrogens is 146 g/mol. The Morgan fingerprint density at radius 1 is 1.64 bits per heavy atom. The molecule has 1 aromatic heterocycles. The lowest BCUT2D eigenvalue weighted by Gasteiger charge is -2.16. The van der Waals surface area contributed by atoms with E-state index in [-0.39, 0.29) is 10.9 Å². The molecule has 11 heavy (non-hydrogen) atoms. The van der Waals surface area contributed by atoms with Gasteiger partial charge in [-0.2, -0.15) is 4.99 Å². The number of nitrogens with zero attached hydrogens (tertiary/aromatic N) is 2. The van der Waals surface area contributed by atoms with E-state index >= 15 is 0 Å². The van der Waals surface area contributed by atoms with Crippen molar-refractivity contribution in [2.75, 3.05) is 0 Å². The normalized spacial score (nSPS) is 21.9. The van der Waals surface area contributed by atoms with Crippen LogP contribution >= 0.6 is 0 Å². The first-order chi connectivity index (χ1) is 5.29. The molecule has 0 bridgehead atoms. The third-order valence-electron chi connectivity index (χ3n) is 1.42. The van der Waals surface area contributed by atoms with Gasteiger partial charge in [0.25, 0.3) is 0 Å². The first-order valence-corrected chi connectivity index (χ1v) is 3.00. The number of hydrogen-bond acceptors (Lipinski definition) is 3. The molecule has 1 atom stereocenters. The van der Waals surface area contributed by atoms with Crippen LogP contribution in [0.3, 0.4) is 0 Å². The molecule has 0 spiro atoms. The van der Waals surface area contributed by atoms with Gasteiger partial charge < -0.3 is 5.21 Å². The Labute approximate surface area is 61.7 Å². The largest absolute Gasteiger partial charge is 0.622 e. The molecular formula is C5H5N5O. The van der Waals surface area contributed by atoms with Gasteiger partial charge in [-0.05, 0) is 0 Å². The fourth-order valence-corrected chi connectivity index (χ4v) is 0.911. The molecule has 0 aromatic carbocycles. The minimum atomic E-state index is -0.228. The molecule has 0 aliphatic carbocycles. The molecule has 1 aromatic rings. The molecule has 0 radical (unpaired) electrons. The second-order valence-corrected chi connectivity index (χ2v) is 2.10. The molecule has 1 aliphatic heterocycles. The summed E-state index contributed by atoms with van der Waals surface area (Å²) in [6.07, 6.45) is 2.49. The molecule has 0 fully saturated rings. The molecule has 3 N–H and O–H groups in total. The highest BCUT2D eigenvalue weighted by Crippen LogP contribution is 2.06. The van der Waals surface area contributed by atoms with Crippen LogP contribution in [0.5, 0.6) is 0 Å². The van der Waals surface area contributed by atoms with E-state index in [9.17, 15) is 5.21 Å². The number of nitrogens with one attached hydrogen (secondary N) is 3. The van der Waals surface area contributed by atoms with Crippen molar-refractivity contribution in [2.45, 2.75) is 0 Å². The van der Waals surface area contributed by atoms with Crippen molar-refractivity contribution in [2.24, 2.45) is 4.99 Å². The van der Waals surface area contributed by atoms with Crippen molar-refractivity contribution >= 4 is 18.0 Å². The van der Waals surface area contributed by atoms with E-state index in [0.29, 0.717) is 11.5 Å². The molecule has 0 amide bonds. The lowest BCUT2D eigenvalue weighted by atomic mass is 10.4. The lowest BCUT2D eigenvalue weighted by molar-refractivity contribution is -0.662. The van der Waals surface area contributed by atoms with Gasteiger partial charge in [-0.15, -0.1) is 0 Å². The number of hydroxylamine groups is 1. The highest BCUT2D eigenvalue weighted by Gasteiger charge is 2.19. The number of amidine groups is 1. The molecule has 6 nitrogen and oxygen atoms in total.